The van der Waals surface area contributed by atoms with Crippen LogP contribution in [0.2, 0.25) is 5.02 Å². The van der Waals surface area contributed by atoms with Gasteiger partial charge in [-0.2, -0.15) is 0 Å². The lowest BCUT2D eigenvalue weighted by molar-refractivity contribution is -0.123. The van der Waals surface area contributed by atoms with Gasteiger partial charge in [-0.15, -0.1) is 11.3 Å². The van der Waals surface area contributed by atoms with Crippen molar-refractivity contribution in [1.82, 2.24) is 16.2 Å². The number of hydrogen-bond donors (Lipinski definition) is 3. The fraction of sp³-hybridized carbons (Fsp3) is 0.150. The average molecular weight is 543 g/mol. The molecule has 0 aliphatic carbocycles. The minimum Gasteiger partial charge on any atom is -0.497 e. The third kappa shape index (κ3) is 5.85. The molecule has 2 aromatic carbocycles. The maximum absolute atomic E-state index is 12.5. The molecule has 3 N–H and O–H groups in total. The number of thiocarbonyl (C=S) groups is 1. The van der Waals surface area contributed by atoms with Crippen LogP contribution in [0, 0.1) is 6.92 Å². The van der Waals surface area contributed by atoms with Crippen LogP contribution in [-0.4, -0.2) is 30.6 Å². The molecule has 0 aliphatic rings. The molecule has 0 fully saturated rings. The molecule has 31 heavy (non-hydrogen) atoms. The smallest absolute Gasteiger partial charge is 0.276 e. The number of ether oxygens (including phenoxy) is 2. The number of carbonyl (C=O) groups excluding carboxylic acids is 2. The number of thiophene rings is 1. The van der Waals surface area contributed by atoms with Crippen molar-refractivity contribution in [3.8, 4) is 11.5 Å². The fourth-order valence-electron chi connectivity index (χ4n) is 2.53. The number of hydrazine groups is 1. The number of carbonyl (C=O) groups is 2. The van der Waals surface area contributed by atoms with Gasteiger partial charge in [-0.05, 0) is 61.1 Å². The van der Waals surface area contributed by atoms with E-state index in [9.17, 15) is 9.59 Å². The van der Waals surface area contributed by atoms with Crippen LogP contribution in [0.4, 0.5) is 0 Å². The van der Waals surface area contributed by atoms with E-state index in [-0.39, 0.29) is 11.7 Å². The molecule has 3 rings (SSSR count). The summed E-state index contributed by atoms with van der Waals surface area (Å²) >= 11 is 16.0. The molecule has 0 saturated heterocycles. The van der Waals surface area contributed by atoms with Crippen LogP contribution in [0.5, 0.6) is 11.5 Å². The van der Waals surface area contributed by atoms with Crippen LogP contribution < -0.4 is 25.6 Å². The summed E-state index contributed by atoms with van der Waals surface area (Å²) in [5.74, 6) is 0.267. The van der Waals surface area contributed by atoms with Crippen molar-refractivity contribution in [2.75, 3.05) is 13.7 Å². The van der Waals surface area contributed by atoms with Crippen molar-refractivity contribution < 1.29 is 19.1 Å². The Morgan fingerprint density at radius 2 is 1.90 bits per heavy atom. The molecule has 0 bridgehead atoms. The highest BCUT2D eigenvalue weighted by molar-refractivity contribution is 9.10. The highest BCUT2D eigenvalue weighted by atomic mass is 79.9. The Hall–Kier alpha value is -2.40. The van der Waals surface area contributed by atoms with Gasteiger partial charge in [0.25, 0.3) is 11.8 Å². The SMILES string of the molecule is COc1ccc2c(Cl)c(C(=O)NC(=S)NNC(=O)COc3ccc(Br)c(C)c3)sc2c1. The third-order valence-electron chi connectivity index (χ3n) is 4.08. The molecule has 0 spiro atoms. The van der Waals surface area contributed by atoms with E-state index < -0.39 is 11.8 Å². The van der Waals surface area contributed by atoms with Crippen molar-refractivity contribution in [2.24, 2.45) is 0 Å². The first kappa shape index (κ1) is 23.3. The minimum atomic E-state index is -0.487. The second-order valence-electron chi connectivity index (χ2n) is 6.26. The standard InChI is InChI=1S/C20H17BrClN3O4S2/c1-10-7-12(4-6-14(10)21)29-9-16(26)24-25-20(30)23-19(27)18-17(22)13-5-3-11(28-2)8-15(13)31-18/h3-8H,9H2,1-2H3,(H,24,26)(H2,23,25,27,30). The normalized spacial score (nSPS) is 10.5. The van der Waals surface area contributed by atoms with Crippen LogP contribution in [-0.2, 0) is 4.79 Å². The number of fused-ring (bicyclic) bond motifs is 1. The summed E-state index contributed by atoms with van der Waals surface area (Å²) in [5.41, 5.74) is 5.82. The summed E-state index contributed by atoms with van der Waals surface area (Å²) in [6.07, 6.45) is 0. The van der Waals surface area contributed by atoms with E-state index in [2.05, 4.69) is 32.1 Å². The van der Waals surface area contributed by atoms with Crippen molar-refractivity contribution in [2.45, 2.75) is 6.92 Å². The molecule has 0 radical (unpaired) electrons. The van der Waals surface area contributed by atoms with E-state index in [1.807, 2.05) is 13.0 Å². The molecule has 0 aliphatic heterocycles. The molecule has 1 heterocycles. The Morgan fingerprint density at radius 3 is 2.61 bits per heavy atom. The summed E-state index contributed by atoms with van der Waals surface area (Å²) in [5, 5.41) is 3.47. The molecular weight excluding hydrogens is 526 g/mol. The summed E-state index contributed by atoms with van der Waals surface area (Å²) in [6.45, 7) is 1.69. The number of methoxy groups -OCH3 is 1. The summed E-state index contributed by atoms with van der Waals surface area (Å²) < 4.78 is 12.4. The van der Waals surface area contributed by atoms with E-state index in [0.717, 1.165) is 20.1 Å². The molecule has 1 aromatic heterocycles. The van der Waals surface area contributed by atoms with Gasteiger partial charge in [0.15, 0.2) is 11.7 Å². The first-order chi connectivity index (χ1) is 14.8. The second kappa shape index (κ2) is 10.3. The Morgan fingerprint density at radius 1 is 1.16 bits per heavy atom. The zero-order chi connectivity index (χ0) is 22.5. The van der Waals surface area contributed by atoms with E-state index >= 15 is 0 Å². The highest BCUT2D eigenvalue weighted by Crippen LogP contribution is 2.37. The molecule has 162 valence electrons. The number of halogens is 2. The number of rotatable bonds is 5. The molecule has 0 saturated carbocycles. The number of nitrogens with one attached hydrogen (secondary N) is 3. The van der Waals surface area contributed by atoms with Gasteiger partial charge < -0.3 is 9.47 Å². The Bertz CT molecular complexity index is 1170. The topological polar surface area (TPSA) is 88.7 Å². The summed E-state index contributed by atoms with van der Waals surface area (Å²) in [4.78, 5) is 24.8. The molecule has 0 unspecified atom stereocenters. The quantitative estimate of drug-likeness (QED) is 0.328. The highest BCUT2D eigenvalue weighted by Gasteiger charge is 2.18. The van der Waals surface area contributed by atoms with Gasteiger partial charge in [0, 0.05) is 14.6 Å². The predicted molar refractivity (Wildman–Crippen MR) is 129 cm³/mol. The van der Waals surface area contributed by atoms with Crippen molar-refractivity contribution >= 4 is 78.1 Å². The Labute approximate surface area is 201 Å². The van der Waals surface area contributed by atoms with Crippen LogP contribution in [0.1, 0.15) is 15.2 Å². The molecule has 0 atom stereocenters. The molecule has 11 heteroatoms. The lowest BCUT2D eigenvalue weighted by atomic mass is 10.2. The summed E-state index contributed by atoms with van der Waals surface area (Å²) in [7, 11) is 1.56. The van der Waals surface area contributed by atoms with Gasteiger partial charge in [-0.1, -0.05) is 27.5 Å². The van der Waals surface area contributed by atoms with Crippen molar-refractivity contribution in [3.05, 3.63) is 56.3 Å². The van der Waals surface area contributed by atoms with Gasteiger partial charge >= 0.3 is 0 Å². The lowest BCUT2D eigenvalue weighted by Crippen LogP contribution is -2.49. The lowest BCUT2D eigenvalue weighted by Gasteiger charge is -2.11. The number of hydrogen-bond acceptors (Lipinski definition) is 6. The first-order valence-electron chi connectivity index (χ1n) is 8.83. The van der Waals surface area contributed by atoms with E-state index in [1.165, 1.54) is 11.3 Å². The summed E-state index contributed by atoms with van der Waals surface area (Å²) in [6, 6.07) is 10.7. The second-order valence-corrected chi connectivity index (χ2v) is 8.96. The van der Waals surface area contributed by atoms with Gasteiger partial charge in [-0.25, -0.2) is 0 Å². The number of benzene rings is 2. The Kier molecular flexibility index (Phi) is 7.71. The average Bonchev–Trinajstić information content (AvgIpc) is 3.09. The largest absolute Gasteiger partial charge is 0.497 e. The zero-order valence-electron chi connectivity index (χ0n) is 16.4. The van der Waals surface area contributed by atoms with Crippen LogP contribution in [0.25, 0.3) is 10.1 Å². The van der Waals surface area contributed by atoms with Crippen LogP contribution in [0.3, 0.4) is 0 Å². The van der Waals surface area contributed by atoms with Gasteiger partial charge in [0.05, 0.1) is 12.1 Å². The number of amides is 2. The van der Waals surface area contributed by atoms with Gasteiger partial charge in [0.1, 0.15) is 16.4 Å². The van der Waals surface area contributed by atoms with E-state index in [0.29, 0.717) is 21.4 Å². The maximum atomic E-state index is 12.5. The molecule has 7 nitrogen and oxygen atoms in total. The van der Waals surface area contributed by atoms with Crippen LogP contribution >= 0.6 is 51.1 Å². The van der Waals surface area contributed by atoms with Crippen LogP contribution in [0.15, 0.2) is 40.9 Å². The Balaban J connectivity index is 1.51. The van der Waals surface area contributed by atoms with Gasteiger partial charge in [0.2, 0.25) is 0 Å². The monoisotopic (exact) mass is 541 g/mol. The van der Waals surface area contributed by atoms with Crippen molar-refractivity contribution in [1.29, 1.82) is 0 Å². The molecular formula is C20H17BrClN3O4S2. The van der Waals surface area contributed by atoms with Gasteiger partial charge in [-0.3, -0.25) is 25.8 Å². The number of aryl methyl sites for hydroxylation is 1. The predicted octanol–water partition coefficient (Wildman–Crippen LogP) is 4.35. The fourth-order valence-corrected chi connectivity index (χ4v) is 4.36. The maximum Gasteiger partial charge on any atom is 0.276 e. The molecule has 2 amide bonds. The minimum absolute atomic E-state index is 0.0797. The first-order valence-corrected chi connectivity index (χ1v) is 11.2. The zero-order valence-corrected chi connectivity index (χ0v) is 20.4. The van der Waals surface area contributed by atoms with Crippen molar-refractivity contribution in [3.63, 3.8) is 0 Å². The third-order valence-corrected chi connectivity index (χ3v) is 6.83. The van der Waals surface area contributed by atoms with E-state index in [4.69, 9.17) is 33.3 Å². The molecule has 3 aromatic rings. The van der Waals surface area contributed by atoms with E-state index in [1.54, 1.807) is 37.4 Å².